The molecule has 0 bridgehead atoms. The van der Waals surface area contributed by atoms with Crippen LogP contribution in [0.3, 0.4) is 0 Å². The van der Waals surface area contributed by atoms with Gasteiger partial charge in [0.05, 0.1) is 22.1 Å². The molecular formula is C63H41N5. The van der Waals surface area contributed by atoms with E-state index in [0.717, 1.165) is 50.2 Å². The first-order chi connectivity index (χ1) is 33.7. The van der Waals surface area contributed by atoms with Crippen LogP contribution in [0.25, 0.3) is 123 Å². The number of hydrogen-bond donors (Lipinski definition) is 0. The van der Waals surface area contributed by atoms with Gasteiger partial charge >= 0.3 is 0 Å². The van der Waals surface area contributed by atoms with Gasteiger partial charge in [-0.2, -0.15) is 0 Å². The Hall–Kier alpha value is -9.19. The van der Waals surface area contributed by atoms with E-state index in [-0.39, 0.29) is 0 Å². The lowest BCUT2D eigenvalue weighted by molar-refractivity contribution is 1.07. The van der Waals surface area contributed by atoms with E-state index < -0.39 is 0 Å². The topological polar surface area (TPSA) is 48.5 Å². The van der Waals surface area contributed by atoms with Crippen LogP contribution in [-0.4, -0.2) is 24.1 Å². The van der Waals surface area contributed by atoms with E-state index in [9.17, 15) is 0 Å². The summed E-state index contributed by atoms with van der Waals surface area (Å²) in [4.78, 5) is 15.3. The summed E-state index contributed by atoms with van der Waals surface area (Å²) in [5.41, 5.74) is 16.6. The van der Waals surface area contributed by atoms with E-state index in [4.69, 9.17) is 15.0 Å². The van der Waals surface area contributed by atoms with Gasteiger partial charge in [0, 0.05) is 49.6 Å². The summed E-state index contributed by atoms with van der Waals surface area (Å²) in [6.45, 7) is 0. The van der Waals surface area contributed by atoms with Gasteiger partial charge in [0.15, 0.2) is 17.5 Å². The summed E-state index contributed by atoms with van der Waals surface area (Å²) in [6, 6.07) is 88.2. The van der Waals surface area contributed by atoms with E-state index in [2.05, 4.69) is 246 Å². The van der Waals surface area contributed by atoms with Crippen LogP contribution in [0.5, 0.6) is 0 Å². The molecule has 0 amide bonds. The van der Waals surface area contributed by atoms with Crippen molar-refractivity contribution in [2.75, 3.05) is 0 Å². The third kappa shape index (κ3) is 6.84. The third-order valence-electron chi connectivity index (χ3n) is 13.2. The Bertz CT molecular complexity index is 3870. The molecule has 0 aliphatic carbocycles. The van der Waals surface area contributed by atoms with Crippen molar-refractivity contribution in [1.29, 1.82) is 0 Å². The highest BCUT2D eigenvalue weighted by atomic mass is 15.0. The fourth-order valence-electron chi connectivity index (χ4n) is 9.84. The molecular weight excluding hydrogens is 827 g/mol. The molecule has 5 nitrogen and oxygen atoms in total. The Balaban J connectivity index is 0.887. The van der Waals surface area contributed by atoms with Gasteiger partial charge in [-0.15, -0.1) is 0 Å². The molecule has 0 aliphatic rings. The van der Waals surface area contributed by atoms with Crippen molar-refractivity contribution in [3.05, 3.63) is 249 Å². The number of hydrogen-bond acceptors (Lipinski definition) is 3. The smallest absolute Gasteiger partial charge is 0.164 e. The lowest BCUT2D eigenvalue weighted by Crippen LogP contribution is -2.00. The molecule has 0 radical (unpaired) electrons. The van der Waals surface area contributed by atoms with Crippen LogP contribution in [0.4, 0.5) is 0 Å². The monoisotopic (exact) mass is 867 g/mol. The molecule has 0 aliphatic heterocycles. The summed E-state index contributed by atoms with van der Waals surface area (Å²) in [7, 11) is 0. The first kappa shape index (κ1) is 39.2. The van der Waals surface area contributed by atoms with Crippen LogP contribution in [0.15, 0.2) is 249 Å². The van der Waals surface area contributed by atoms with Gasteiger partial charge in [0.25, 0.3) is 0 Å². The van der Waals surface area contributed by atoms with Crippen molar-refractivity contribution < 1.29 is 0 Å². The average Bonchev–Trinajstić information content (AvgIpc) is 3.94. The van der Waals surface area contributed by atoms with Crippen LogP contribution in [0.1, 0.15) is 0 Å². The highest BCUT2D eigenvalue weighted by molar-refractivity contribution is 6.12. The number of para-hydroxylation sites is 3. The van der Waals surface area contributed by atoms with Gasteiger partial charge < -0.3 is 9.13 Å². The fraction of sp³-hybridized carbons (Fsp3) is 0. The summed E-state index contributed by atoms with van der Waals surface area (Å²) < 4.78 is 4.74. The summed E-state index contributed by atoms with van der Waals surface area (Å²) in [5.74, 6) is 1.87. The molecule has 0 fully saturated rings. The summed E-state index contributed by atoms with van der Waals surface area (Å²) in [6.07, 6.45) is 0. The maximum atomic E-state index is 5.12. The average molecular weight is 868 g/mol. The second-order valence-electron chi connectivity index (χ2n) is 17.2. The maximum Gasteiger partial charge on any atom is 0.164 e. The number of aromatic nitrogens is 5. The second kappa shape index (κ2) is 16.4. The molecule has 0 N–H and O–H groups in total. The van der Waals surface area contributed by atoms with Gasteiger partial charge in [-0.1, -0.05) is 182 Å². The molecule has 3 heterocycles. The standard InChI is InChI=1S/C63H41N5/c1-4-14-42(15-5-1)44-24-28-46(29-25-44)61-64-62(47-30-26-45(27-31-47)43-16-6-2-7-17-43)66-63(65-61)48-32-36-52(37-33-48)67-58-23-13-11-21-54(58)56-40-49(35-39-59(56)67)50-34-38-55-53-20-10-12-22-57(53)68(60(55)41-50)51-18-8-3-9-19-51/h1-41H. The number of fused-ring (bicyclic) bond motifs is 6. The van der Waals surface area contributed by atoms with Crippen molar-refractivity contribution in [1.82, 2.24) is 24.1 Å². The molecule has 68 heavy (non-hydrogen) atoms. The molecule has 0 saturated heterocycles. The highest BCUT2D eigenvalue weighted by Gasteiger charge is 2.18. The van der Waals surface area contributed by atoms with Crippen molar-refractivity contribution in [3.63, 3.8) is 0 Å². The molecule has 0 atom stereocenters. The summed E-state index contributed by atoms with van der Waals surface area (Å²) >= 11 is 0. The SMILES string of the molecule is c1ccc(-c2ccc(-c3nc(-c4ccc(-c5ccccc5)cc4)nc(-c4ccc(-n5c6ccccc6c6cc(-c7ccc8c9ccccc9n(-c9ccccc9)c8c7)ccc65)cc4)n3)cc2)cc1. The zero-order chi connectivity index (χ0) is 45.0. The Morgan fingerprint density at radius 3 is 1.09 bits per heavy atom. The predicted molar refractivity (Wildman–Crippen MR) is 281 cm³/mol. The zero-order valence-corrected chi connectivity index (χ0v) is 36.9. The van der Waals surface area contributed by atoms with Gasteiger partial charge in [0.2, 0.25) is 0 Å². The highest BCUT2D eigenvalue weighted by Crippen LogP contribution is 2.39. The first-order valence-corrected chi connectivity index (χ1v) is 23.0. The van der Waals surface area contributed by atoms with Crippen molar-refractivity contribution in [3.8, 4) is 78.9 Å². The zero-order valence-electron chi connectivity index (χ0n) is 36.9. The molecule has 10 aromatic carbocycles. The maximum absolute atomic E-state index is 5.12. The Morgan fingerprint density at radius 1 is 0.206 bits per heavy atom. The number of rotatable bonds is 8. The molecule has 0 unspecified atom stereocenters. The first-order valence-electron chi connectivity index (χ1n) is 23.0. The Kier molecular flexibility index (Phi) is 9.43. The second-order valence-corrected chi connectivity index (χ2v) is 17.2. The van der Waals surface area contributed by atoms with E-state index in [1.54, 1.807) is 0 Å². The molecule has 318 valence electrons. The van der Waals surface area contributed by atoms with Gasteiger partial charge in [-0.3, -0.25) is 0 Å². The minimum absolute atomic E-state index is 0.617. The largest absolute Gasteiger partial charge is 0.309 e. The normalized spacial score (nSPS) is 11.5. The van der Waals surface area contributed by atoms with E-state index >= 15 is 0 Å². The quantitative estimate of drug-likeness (QED) is 0.153. The molecule has 13 rings (SSSR count). The number of benzene rings is 10. The van der Waals surface area contributed by atoms with E-state index in [1.165, 1.54) is 54.8 Å². The van der Waals surface area contributed by atoms with Gasteiger partial charge in [-0.25, -0.2) is 15.0 Å². The molecule has 13 aromatic rings. The van der Waals surface area contributed by atoms with Crippen molar-refractivity contribution in [2.45, 2.75) is 0 Å². The van der Waals surface area contributed by atoms with Crippen LogP contribution in [-0.2, 0) is 0 Å². The van der Waals surface area contributed by atoms with Crippen LogP contribution < -0.4 is 0 Å². The van der Waals surface area contributed by atoms with Crippen molar-refractivity contribution in [2.24, 2.45) is 0 Å². The molecule has 0 spiro atoms. The summed E-state index contributed by atoms with van der Waals surface area (Å²) in [5, 5.41) is 4.90. The predicted octanol–water partition coefficient (Wildman–Crippen LogP) is 16.1. The van der Waals surface area contributed by atoms with Crippen LogP contribution >= 0.6 is 0 Å². The minimum atomic E-state index is 0.617. The van der Waals surface area contributed by atoms with E-state index in [1.807, 2.05) is 12.1 Å². The molecule has 3 aromatic heterocycles. The van der Waals surface area contributed by atoms with Crippen LogP contribution in [0.2, 0.25) is 0 Å². The van der Waals surface area contributed by atoms with Gasteiger partial charge in [0.1, 0.15) is 0 Å². The molecule has 5 heteroatoms. The lowest BCUT2D eigenvalue weighted by atomic mass is 10.0. The third-order valence-corrected chi connectivity index (χ3v) is 13.2. The minimum Gasteiger partial charge on any atom is -0.309 e. The lowest BCUT2D eigenvalue weighted by Gasteiger charge is -2.12. The fourth-order valence-corrected chi connectivity index (χ4v) is 9.84. The Labute approximate surface area is 393 Å². The van der Waals surface area contributed by atoms with Gasteiger partial charge in [-0.05, 0) is 100 Å². The Morgan fingerprint density at radius 2 is 0.544 bits per heavy atom. The molecule has 0 saturated carbocycles. The van der Waals surface area contributed by atoms with E-state index in [0.29, 0.717) is 17.5 Å². The van der Waals surface area contributed by atoms with Crippen LogP contribution in [0, 0.1) is 0 Å². The number of nitrogens with zero attached hydrogens (tertiary/aromatic N) is 5. The van der Waals surface area contributed by atoms with Crippen molar-refractivity contribution >= 4 is 43.6 Å².